The van der Waals surface area contributed by atoms with Gasteiger partial charge < -0.3 is 14.9 Å². The zero-order valence-electron chi connectivity index (χ0n) is 15.1. The van der Waals surface area contributed by atoms with E-state index in [1.54, 1.807) is 0 Å². The van der Waals surface area contributed by atoms with E-state index in [9.17, 15) is 9.90 Å². The summed E-state index contributed by atoms with van der Waals surface area (Å²) in [6, 6.07) is 0. The summed E-state index contributed by atoms with van der Waals surface area (Å²) in [7, 11) is 1.44. The number of aliphatic hydroxyl groups excluding tert-OH is 2. The van der Waals surface area contributed by atoms with Gasteiger partial charge in [-0.1, -0.05) is 64.2 Å². The molecule has 23 heavy (non-hydrogen) atoms. The SMILES string of the molecule is COC(=O)CCCCCCCCC(O)CCCCCCCCO. The summed E-state index contributed by atoms with van der Waals surface area (Å²) in [4.78, 5) is 10.9. The number of methoxy groups -OCH3 is 1. The Labute approximate surface area is 142 Å². The average Bonchev–Trinajstić information content (AvgIpc) is 2.56. The Hall–Kier alpha value is -0.610. The highest BCUT2D eigenvalue weighted by Gasteiger charge is 2.04. The van der Waals surface area contributed by atoms with E-state index in [-0.39, 0.29) is 12.1 Å². The second-order valence-corrected chi connectivity index (χ2v) is 6.52. The van der Waals surface area contributed by atoms with Crippen LogP contribution in [0.4, 0.5) is 0 Å². The predicted octanol–water partition coefficient (Wildman–Crippen LogP) is 4.36. The molecule has 1 unspecified atom stereocenters. The maximum atomic E-state index is 10.9. The van der Waals surface area contributed by atoms with Gasteiger partial charge in [0.05, 0.1) is 13.2 Å². The molecule has 1 atom stereocenters. The number of carbonyl (C=O) groups is 1. The molecule has 0 aromatic carbocycles. The Kier molecular flexibility index (Phi) is 17.3. The van der Waals surface area contributed by atoms with Crippen molar-refractivity contribution >= 4 is 5.97 Å². The minimum absolute atomic E-state index is 0.110. The molecule has 0 aliphatic carbocycles. The van der Waals surface area contributed by atoms with Crippen molar-refractivity contribution in [1.29, 1.82) is 0 Å². The van der Waals surface area contributed by atoms with Crippen molar-refractivity contribution in [1.82, 2.24) is 0 Å². The standard InChI is InChI=1S/C19H38O4/c1-23-19(22)16-12-8-3-2-6-10-14-18(21)15-11-7-4-5-9-13-17-20/h18,20-21H,2-17H2,1H3. The summed E-state index contributed by atoms with van der Waals surface area (Å²) < 4.78 is 4.61. The Bertz CT molecular complexity index is 256. The summed E-state index contributed by atoms with van der Waals surface area (Å²) in [5, 5.41) is 18.6. The zero-order valence-corrected chi connectivity index (χ0v) is 15.1. The van der Waals surface area contributed by atoms with Crippen LogP contribution in [-0.2, 0) is 9.53 Å². The van der Waals surface area contributed by atoms with Crippen LogP contribution in [0, 0.1) is 0 Å². The molecule has 2 N–H and O–H groups in total. The van der Waals surface area contributed by atoms with Crippen molar-refractivity contribution in [3.63, 3.8) is 0 Å². The smallest absolute Gasteiger partial charge is 0.305 e. The molecule has 0 heterocycles. The third kappa shape index (κ3) is 17.6. The highest BCUT2D eigenvalue weighted by atomic mass is 16.5. The van der Waals surface area contributed by atoms with E-state index in [4.69, 9.17) is 5.11 Å². The average molecular weight is 331 g/mol. The monoisotopic (exact) mass is 330 g/mol. The first-order chi connectivity index (χ1) is 11.2. The maximum Gasteiger partial charge on any atom is 0.305 e. The first-order valence-corrected chi connectivity index (χ1v) is 9.56. The fourth-order valence-corrected chi connectivity index (χ4v) is 2.80. The number of rotatable bonds is 17. The minimum atomic E-state index is -0.133. The first kappa shape index (κ1) is 22.4. The van der Waals surface area contributed by atoms with Crippen molar-refractivity contribution in [2.45, 2.75) is 102 Å². The van der Waals surface area contributed by atoms with Gasteiger partial charge in [0.25, 0.3) is 0 Å². The lowest BCUT2D eigenvalue weighted by Crippen LogP contribution is -2.05. The van der Waals surface area contributed by atoms with Gasteiger partial charge in [-0.3, -0.25) is 4.79 Å². The van der Waals surface area contributed by atoms with Crippen LogP contribution in [-0.4, -0.2) is 36.0 Å². The largest absolute Gasteiger partial charge is 0.469 e. The molecule has 0 saturated carbocycles. The van der Waals surface area contributed by atoms with Gasteiger partial charge in [0.1, 0.15) is 0 Å². The fraction of sp³-hybridized carbons (Fsp3) is 0.947. The van der Waals surface area contributed by atoms with Crippen LogP contribution in [0.15, 0.2) is 0 Å². The highest BCUT2D eigenvalue weighted by molar-refractivity contribution is 5.68. The van der Waals surface area contributed by atoms with Gasteiger partial charge in [0, 0.05) is 13.0 Å². The van der Waals surface area contributed by atoms with E-state index in [1.807, 2.05) is 0 Å². The molecule has 0 spiro atoms. The molecule has 138 valence electrons. The van der Waals surface area contributed by atoms with E-state index in [0.29, 0.717) is 13.0 Å². The lowest BCUT2D eigenvalue weighted by molar-refractivity contribution is -0.140. The molecule has 0 amide bonds. The first-order valence-electron chi connectivity index (χ1n) is 9.56. The molecule has 0 aliphatic rings. The zero-order chi connectivity index (χ0) is 17.2. The third-order valence-corrected chi connectivity index (χ3v) is 4.34. The Morgan fingerprint density at radius 3 is 1.70 bits per heavy atom. The number of unbranched alkanes of at least 4 members (excludes halogenated alkanes) is 10. The summed E-state index contributed by atoms with van der Waals surface area (Å²) in [6.07, 6.45) is 15.7. The molecular formula is C19H38O4. The van der Waals surface area contributed by atoms with Crippen LogP contribution in [0.5, 0.6) is 0 Å². The molecule has 0 bridgehead atoms. The second-order valence-electron chi connectivity index (χ2n) is 6.52. The minimum Gasteiger partial charge on any atom is -0.469 e. The molecule has 0 rings (SSSR count). The highest BCUT2D eigenvalue weighted by Crippen LogP contribution is 2.14. The number of ether oxygens (including phenoxy) is 1. The van der Waals surface area contributed by atoms with Gasteiger partial charge in [-0.05, 0) is 25.7 Å². The summed E-state index contributed by atoms with van der Waals surface area (Å²) >= 11 is 0. The molecule has 0 fully saturated rings. The molecule has 0 aromatic rings. The van der Waals surface area contributed by atoms with Crippen LogP contribution in [0.25, 0.3) is 0 Å². The quantitative estimate of drug-likeness (QED) is 0.307. The number of carbonyl (C=O) groups excluding carboxylic acids is 1. The van der Waals surface area contributed by atoms with Gasteiger partial charge in [0.15, 0.2) is 0 Å². The summed E-state index contributed by atoms with van der Waals surface area (Å²) in [6.45, 7) is 0.310. The van der Waals surface area contributed by atoms with Crippen LogP contribution in [0.3, 0.4) is 0 Å². The van der Waals surface area contributed by atoms with Crippen molar-refractivity contribution in [3.8, 4) is 0 Å². The molecular weight excluding hydrogens is 292 g/mol. The predicted molar refractivity (Wildman–Crippen MR) is 94.4 cm³/mol. The van der Waals surface area contributed by atoms with Crippen LogP contribution in [0.2, 0.25) is 0 Å². The third-order valence-electron chi connectivity index (χ3n) is 4.34. The molecule has 0 saturated heterocycles. The van der Waals surface area contributed by atoms with E-state index < -0.39 is 0 Å². The number of aliphatic hydroxyl groups is 2. The Balaban J connectivity index is 3.18. The molecule has 4 nitrogen and oxygen atoms in total. The van der Waals surface area contributed by atoms with E-state index in [1.165, 1.54) is 45.6 Å². The number of hydrogen-bond donors (Lipinski definition) is 2. The lowest BCUT2D eigenvalue weighted by Gasteiger charge is -2.10. The number of hydrogen-bond acceptors (Lipinski definition) is 4. The van der Waals surface area contributed by atoms with Crippen molar-refractivity contribution < 1.29 is 19.7 Å². The summed E-state index contributed by atoms with van der Waals surface area (Å²) in [5.74, 6) is -0.110. The van der Waals surface area contributed by atoms with Crippen LogP contribution >= 0.6 is 0 Å². The lowest BCUT2D eigenvalue weighted by atomic mass is 10.0. The Morgan fingerprint density at radius 1 is 0.783 bits per heavy atom. The van der Waals surface area contributed by atoms with Gasteiger partial charge in [-0.15, -0.1) is 0 Å². The van der Waals surface area contributed by atoms with Gasteiger partial charge in [0.2, 0.25) is 0 Å². The molecule has 4 heteroatoms. The van der Waals surface area contributed by atoms with Gasteiger partial charge >= 0.3 is 5.97 Å². The van der Waals surface area contributed by atoms with Crippen molar-refractivity contribution in [2.75, 3.05) is 13.7 Å². The Morgan fingerprint density at radius 2 is 1.22 bits per heavy atom. The fourth-order valence-electron chi connectivity index (χ4n) is 2.80. The number of esters is 1. The van der Waals surface area contributed by atoms with E-state index >= 15 is 0 Å². The maximum absolute atomic E-state index is 10.9. The van der Waals surface area contributed by atoms with E-state index in [0.717, 1.165) is 51.4 Å². The second kappa shape index (κ2) is 17.7. The van der Waals surface area contributed by atoms with Crippen LogP contribution in [0.1, 0.15) is 96.3 Å². The molecule has 0 aromatic heterocycles. The van der Waals surface area contributed by atoms with Gasteiger partial charge in [-0.2, -0.15) is 0 Å². The summed E-state index contributed by atoms with van der Waals surface area (Å²) in [5.41, 5.74) is 0. The molecule has 0 radical (unpaired) electrons. The normalized spacial score (nSPS) is 12.3. The van der Waals surface area contributed by atoms with Crippen molar-refractivity contribution in [3.05, 3.63) is 0 Å². The van der Waals surface area contributed by atoms with Crippen molar-refractivity contribution in [2.24, 2.45) is 0 Å². The van der Waals surface area contributed by atoms with Gasteiger partial charge in [-0.25, -0.2) is 0 Å². The van der Waals surface area contributed by atoms with E-state index in [2.05, 4.69) is 4.74 Å². The molecule has 0 aliphatic heterocycles. The topological polar surface area (TPSA) is 66.8 Å². The van der Waals surface area contributed by atoms with Crippen LogP contribution < -0.4 is 0 Å².